The van der Waals surface area contributed by atoms with Gasteiger partial charge < -0.3 is 14.9 Å². The fourth-order valence-corrected chi connectivity index (χ4v) is 1.13. The van der Waals surface area contributed by atoms with Crippen molar-refractivity contribution >= 4 is 5.97 Å². The smallest absolute Gasteiger partial charge is 0.305 e. The number of benzene rings is 1. The SMILES string of the molecule is CC(C)C(=O)O.CCc1ccc(OCC(O)CC)cc1. The summed E-state index contributed by atoms with van der Waals surface area (Å²) >= 11 is 0. The highest BCUT2D eigenvalue weighted by atomic mass is 16.5. The number of ether oxygens (including phenoxy) is 1. The van der Waals surface area contributed by atoms with E-state index in [0.29, 0.717) is 6.61 Å². The first-order chi connectivity index (χ1) is 9.40. The van der Waals surface area contributed by atoms with Gasteiger partial charge in [-0.2, -0.15) is 0 Å². The number of carboxylic acids is 1. The summed E-state index contributed by atoms with van der Waals surface area (Å²) in [6.07, 6.45) is 1.41. The molecule has 0 aromatic heterocycles. The van der Waals surface area contributed by atoms with E-state index in [4.69, 9.17) is 9.84 Å². The highest BCUT2D eigenvalue weighted by Gasteiger charge is 2.01. The minimum absolute atomic E-state index is 0.231. The predicted molar refractivity (Wildman–Crippen MR) is 80.1 cm³/mol. The van der Waals surface area contributed by atoms with Crippen LogP contribution in [-0.4, -0.2) is 28.9 Å². The van der Waals surface area contributed by atoms with Gasteiger partial charge in [-0.1, -0.05) is 39.8 Å². The van der Waals surface area contributed by atoms with Crippen molar-refractivity contribution in [3.63, 3.8) is 0 Å². The lowest BCUT2D eigenvalue weighted by Crippen LogP contribution is -2.15. The Hall–Kier alpha value is -1.55. The van der Waals surface area contributed by atoms with Crippen molar-refractivity contribution < 1.29 is 19.7 Å². The summed E-state index contributed by atoms with van der Waals surface area (Å²) in [5.41, 5.74) is 1.30. The molecule has 0 saturated heterocycles. The number of aryl methyl sites for hydroxylation is 1. The molecule has 0 aliphatic carbocycles. The van der Waals surface area contributed by atoms with Crippen molar-refractivity contribution in [2.24, 2.45) is 5.92 Å². The van der Waals surface area contributed by atoms with Gasteiger partial charge in [0, 0.05) is 0 Å². The zero-order chi connectivity index (χ0) is 15.5. The van der Waals surface area contributed by atoms with Crippen LogP contribution in [0.4, 0.5) is 0 Å². The van der Waals surface area contributed by atoms with E-state index in [1.807, 2.05) is 31.2 Å². The van der Waals surface area contributed by atoms with Gasteiger partial charge in [0.25, 0.3) is 0 Å². The van der Waals surface area contributed by atoms with Gasteiger partial charge >= 0.3 is 5.97 Å². The molecular formula is C16H26O4. The Balaban J connectivity index is 0.000000511. The van der Waals surface area contributed by atoms with Crippen molar-refractivity contribution in [1.29, 1.82) is 0 Å². The van der Waals surface area contributed by atoms with Crippen LogP contribution in [-0.2, 0) is 11.2 Å². The first-order valence-corrected chi connectivity index (χ1v) is 7.03. The molecule has 0 saturated carbocycles. The number of carbonyl (C=O) groups is 1. The van der Waals surface area contributed by atoms with Crippen LogP contribution < -0.4 is 4.74 Å². The Morgan fingerprint density at radius 2 is 1.70 bits per heavy atom. The molecule has 20 heavy (non-hydrogen) atoms. The molecule has 2 N–H and O–H groups in total. The molecule has 0 aliphatic heterocycles. The molecule has 0 fully saturated rings. The van der Waals surface area contributed by atoms with Crippen molar-refractivity contribution in [1.82, 2.24) is 0 Å². The Morgan fingerprint density at radius 1 is 1.20 bits per heavy atom. The van der Waals surface area contributed by atoms with Crippen LogP contribution in [0.25, 0.3) is 0 Å². The Morgan fingerprint density at radius 3 is 2.05 bits per heavy atom. The van der Waals surface area contributed by atoms with E-state index in [1.165, 1.54) is 5.56 Å². The van der Waals surface area contributed by atoms with Crippen LogP contribution in [0.3, 0.4) is 0 Å². The van der Waals surface area contributed by atoms with Gasteiger partial charge in [0.1, 0.15) is 12.4 Å². The van der Waals surface area contributed by atoms with Gasteiger partial charge in [-0.25, -0.2) is 0 Å². The van der Waals surface area contributed by atoms with Crippen LogP contribution in [0, 0.1) is 5.92 Å². The summed E-state index contributed by atoms with van der Waals surface area (Å²) in [7, 11) is 0. The summed E-state index contributed by atoms with van der Waals surface area (Å²) in [5.74, 6) is -0.144. The molecule has 0 aliphatic rings. The third-order valence-corrected chi connectivity index (χ3v) is 2.74. The number of hydrogen-bond donors (Lipinski definition) is 2. The molecule has 0 amide bonds. The number of rotatable bonds is 6. The van der Waals surface area contributed by atoms with Crippen molar-refractivity contribution in [3.05, 3.63) is 29.8 Å². The average Bonchev–Trinajstić information content (AvgIpc) is 2.45. The Kier molecular flexibility index (Phi) is 9.47. The van der Waals surface area contributed by atoms with Crippen LogP contribution in [0.1, 0.15) is 39.7 Å². The molecule has 0 heterocycles. The third-order valence-electron chi connectivity index (χ3n) is 2.74. The lowest BCUT2D eigenvalue weighted by atomic mass is 10.2. The molecule has 4 nitrogen and oxygen atoms in total. The van der Waals surface area contributed by atoms with Crippen LogP contribution in [0.15, 0.2) is 24.3 Å². The van der Waals surface area contributed by atoms with Gasteiger partial charge in [0.2, 0.25) is 0 Å². The largest absolute Gasteiger partial charge is 0.491 e. The maximum atomic E-state index is 9.70. The molecular weight excluding hydrogens is 256 g/mol. The Labute approximate surface area is 121 Å². The van der Waals surface area contributed by atoms with Gasteiger partial charge in [-0.15, -0.1) is 0 Å². The van der Waals surface area contributed by atoms with E-state index in [-0.39, 0.29) is 12.0 Å². The first kappa shape index (κ1) is 18.4. The highest BCUT2D eigenvalue weighted by Crippen LogP contribution is 2.12. The highest BCUT2D eigenvalue weighted by molar-refractivity contribution is 5.68. The third kappa shape index (κ3) is 8.53. The molecule has 1 atom stereocenters. The standard InChI is InChI=1S/C12H18O2.C4H8O2/c1-3-10-5-7-12(8-6-10)14-9-11(13)4-2;1-3(2)4(5)6/h5-8,11,13H,3-4,9H2,1-2H3;3H,1-2H3,(H,5,6). The Bertz CT molecular complexity index is 371. The second-order valence-electron chi connectivity index (χ2n) is 4.86. The van der Waals surface area contributed by atoms with E-state index in [0.717, 1.165) is 18.6 Å². The van der Waals surface area contributed by atoms with Crippen molar-refractivity contribution in [2.75, 3.05) is 6.61 Å². The van der Waals surface area contributed by atoms with Gasteiger partial charge in [0.05, 0.1) is 12.0 Å². The summed E-state index contributed by atoms with van der Waals surface area (Å²) in [6.45, 7) is 7.72. The lowest BCUT2D eigenvalue weighted by Gasteiger charge is -2.10. The van der Waals surface area contributed by atoms with E-state index in [1.54, 1.807) is 13.8 Å². The van der Waals surface area contributed by atoms with Crippen molar-refractivity contribution in [2.45, 2.75) is 46.6 Å². The van der Waals surface area contributed by atoms with Crippen LogP contribution in [0.5, 0.6) is 5.75 Å². The van der Waals surface area contributed by atoms with Crippen molar-refractivity contribution in [3.8, 4) is 5.75 Å². The lowest BCUT2D eigenvalue weighted by molar-refractivity contribution is -0.140. The van der Waals surface area contributed by atoms with Gasteiger partial charge in [-0.3, -0.25) is 4.79 Å². The number of aliphatic carboxylic acids is 1. The number of hydrogen-bond acceptors (Lipinski definition) is 3. The summed E-state index contributed by atoms with van der Waals surface area (Å²) < 4.78 is 5.41. The van der Waals surface area contributed by atoms with E-state index >= 15 is 0 Å². The van der Waals surface area contributed by atoms with Gasteiger partial charge in [-0.05, 0) is 30.5 Å². The molecule has 0 bridgehead atoms. The summed E-state index contributed by atoms with van der Waals surface area (Å²) in [6, 6.07) is 7.99. The predicted octanol–water partition coefficient (Wildman–Crippen LogP) is 3.13. The fourth-order valence-electron chi connectivity index (χ4n) is 1.13. The van der Waals surface area contributed by atoms with E-state index in [9.17, 15) is 9.90 Å². The van der Waals surface area contributed by atoms with Crippen LogP contribution in [0.2, 0.25) is 0 Å². The quantitative estimate of drug-likeness (QED) is 0.841. The second-order valence-corrected chi connectivity index (χ2v) is 4.86. The first-order valence-electron chi connectivity index (χ1n) is 7.03. The topological polar surface area (TPSA) is 66.8 Å². The number of aliphatic hydroxyl groups is 1. The minimum atomic E-state index is -0.741. The molecule has 1 rings (SSSR count). The van der Waals surface area contributed by atoms with E-state index < -0.39 is 5.97 Å². The fraction of sp³-hybridized carbons (Fsp3) is 0.562. The molecule has 1 aromatic carbocycles. The summed E-state index contributed by atoms with van der Waals surface area (Å²) in [5, 5.41) is 17.3. The van der Waals surface area contributed by atoms with E-state index in [2.05, 4.69) is 6.92 Å². The molecule has 0 spiro atoms. The molecule has 1 aromatic rings. The second kappa shape index (κ2) is 10.3. The normalized spacial score (nSPS) is 11.5. The molecule has 0 radical (unpaired) electrons. The maximum absolute atomic E-state index is 9.70. The number of aliphatic hydroxyl groups excluding tert-OH is 1. The number of carboxylic acid groups (broad SMARTS) is 1. The zero-order valence-electron chi connectivity index (χ0n) is 12.8. The molecule has 4 heteroatoms. The average molecular weight is 282 g/mol. The maximum Gasteiger partial charge on any atom is 0.305 e. The summed E-state index contributed by atoms with van der Waals surface area (Å²) in [4.78, 5) is 9.70. The molecule has 114 valence electrons. The monoisotopic (exact) mass is 282 g/mol. The van der Waals surface area contributed by atoms with Crippen LogP contribution >= 0.6 is 0 Å². The minimum Gasteiger partial charge on any atom is -0.491 e. The van der Waals surface area contributed by atoms with Gasteiger partial charge in [0.15, 0.2) is 0 Å². The molecule has 1 unspecified atom stereocenters. The zero-order valence-corrected chi connectivity index (χ0v) is 12.8.